The van der Waals surface area contributed by atoms with Gasteiger partial charge in [0.2, 0.25) is 5.91 Å². The summed E-state index contributed by atoms with van der Waals surface area (Å²) in [5, 5.41) is 6.40. The van der Waals surface area contributed by atoms with E-state index < -0.39 is 0 Å². The van der Waals surface area contributed by atoms with Crippen molar-refractivity contribution in [3.8, 4) is 5.75 Å². The molecule has 1 saturated carbocycles. The van der Waals surface area contributed by atoms with Crippen molar-refractivity contribution in [3.63, 3.8) is 0 Å². The van der Waals surface area contributed by atoms with Gasteiger partial charge in [0.25, 0.3) is 0 Å². The molecule has 1 aliphatic carbocycles. The Morgan fingerprint density at radius 2 is 2.05 bits per heavy atom. The van der Waals surface area contributed by atoms with E-state index in [1.807, 2.05) is 18.2 Å². The van der Waals surface area contributed by atoms with E-state index >= 15 is 0 Å². The Labute approximate surface area is 120 Å². The zero-order valence-corrected chi connectivity index (χ0v) is 12.5. The molecule has 0 saturated heterocycles. The Bertz CT molecular complexity index is 474. The third-order valence-electron chi connectivity index (χ3n) is 3.97. The van der Waals surface area contributed by atoms with Crippen molar-refractivity contribution in [1.82, 2.24) is 0 Å². The van der Waals surface area contributed by atoms with Crippen molar-refractivity contribution in [1.29, 1.82) is 0 Å². The summed E-state index contributed by atoms with van der Waals surface area (Å²) < 4.78 is 5.41. The number of hydrogen-bond acceptors (Lipinski definition) is 3. The lowest BCUT2D eigenvalue weighted by molar-refractivity contribution is -0.114. The van der Waals surface area contributed by atoms with Crippen molar-refractivity contribution in [3.05, 3.63) is 18.2 Å². The average molecular weight is 276 g/mol. The largest absolute Gasteiger partial charge is 0.495 e. The minimum absolute atomic E-state index is 0.0628. The molecular weight excluding hydrogens is 252 g/mol. The van der Waals surface area contributed by atoms with Crippen LogP contribution in [0.15, 0.2) is 18.2 Å². The van der Waals surface area contributed by atoms with Crippen LogP contribution in [-0.2, 0) is 4.79 Å². The maximum Gasteiger partial charge on any atom is 0.221 e. The number of methoxy groups -OCH3 is 1. The number of carbonyl (C=O) groups is 1. The van der Waals surface area contributed by atoms with E-state index in [0.717, 1.165) is 17.1 Å². The lowest BCUT2D eigenvalue weighted by atomic mass is 9.86. The molecule has 2 unspecified atom stereocenters. The Kier molecular flexibility index (Phi) is 4.88. The number of rotatable bonds is 4. The van der Waals surface area contributed by atoms with Crippen LogP contribution in [0.2, 0.25) is 0 Å². The van der Waals surface area contributed by atoms with Crippen molar-refractivity contribution in [2.45, 2.75) is 45.6 Å². The van der Waals surface area contributed by atoms with Crippen molar-refractivity contribution < 1.29 is 9.53 Å². The Morgan fingerprint density at radius 1 is 1.30 bits per heavy atom. The van der Waals surface area contributed by atoms with Crippen LogP contribution < -0.4 is 15.4 Å². The second-order valence-electron chi connectivity index (χ2n) is 5.61. The number of nitrogens with one attached hydrogen (secondary N) is 2. The number of benzene rings is 1. The summed E-state index contributed by atoms with van der Waals surface area (Å²) in [4.78, 5) is 11.2. The molecule has 1 fully saturated rings. The number of hydrogen-bond donors (Lipinski definition) is 2. The van der Waals surface area contributed by atoms with E-state index in [0.29, 0.717) is 12.0 Å². The molecule has 2 atom stereocenters. The van der Waals surface area contributed by atoms with Gasteiger partial charge in [-0.2, -0.15) is 0 Å². The first-order chi connectivity index (χ1) is 9.60. The highest BCUT2D eigenvalue weighted by Crippen LogP contribution is 2.32. The summed E-state index contributed by atoms with van der Waals surface area (Å²) in [6, 6.07) is 6.17. The molecule has 4 nitrogen and oxygen atoms in total. The molecule has 4 heteroatoms. The van der Waals surface area contributed by atoms with Gasteiger partial charge in [-0.15, -0.1) is 0 Å². The quantitative estimate of drug-likeness (QED) is 0.882. The molecule has 1 aromatic carbocycles. The summed E-state index contributed by atoms with van der Waals surface area (Å²) in [6.07, 6.45) is 5.05. The minimum atomic E-state index is -0.0628. The van der Waals surface area contributed by atoms with Gasteiger partial charge < -0.3 is 15.4 Å². The fourth-order valence-electron chi connectivity index (χ4n) is 2.83. The van der Waals surface area contributed by atoms with Crippen LogP contribution in [0.4, 0.5) is 11.4 Å². The van der Waals surface area contributed by atoms with Crippen LogP contribution in [0, 0.1) is 5.92 Å². The first-order valence-corrected chi connectivity index (χ1v) is 7.32. The third kappa shape index (κ3) is 3.65. The van der Waals surface area contributed by atoms with Crippen LogP contribution in [0.25, 0.3) is 0 Å². The predicted molar refractivity (Wildman–Crippen MR) is 82.3 cm³/mol. The number of amides is 1. The molecule has 1 amide bonds. The van der Waals surface area contributed by atoms with Gasteiger partial charge in [-0.05, 0) is 37.0 Å². The van der Waals surface area contributed by atoms with Gasteiger partial charge >= 0.3 is 0 Å². The van der Waals surface area contributed by atoms with Gasteiger partial charge in [-0.25, -0.2) is 0 Å². The fourth-order valence-corrected chi connectivity index (χ4v) is 2.83. The van der Waals surface area contributed by atoms with E-state index in [9.17, 15) is 4.79 Å². The maximum atomic E-state index is 11.2. The summed E-state index contributed by atoms with van der Waals surface area (Å²) in [6.45, 7) is 3.81. The monoisotopic (exact) mass is 276 g/mol. The molecule has 0 spiro atoms. The van der Waals surface area contributed by atoms with Crippen LogP contribution in [0.5, 0.6) is 5.75 Å². The SMILES string of the molecule is COc1ccc(NC(C)=O)cc1NC1CCCCC1C. The topological polar surface area (TPSA) is 50.4 Å². The average Bonchev–Trinajstić information content (AvgIpc) is 2.41. The molecule has 20 heavy (non-hydrogen) atoms. The normalized spacial score (nSPS) is 22.1. The van der Waals surface area contributed by atoms with Gasteiger partial charge in [-0.3, -0.25) is 4.79 Å². The second kappa shape index (κ2) is 6.64. The molecule has 0 radical (unpaired) electrons. The smallest absolute Gasteiger partial charge is 0.221 e. The van der Waals surface area contributed by atoms with Gasteiger partial charge in [0.05, 0.1) is 12.8 Å². The van der Waals surface area contributed by atoms with Gasteiger partial charge in [-0.1, -0.05) is 19.8 Å². The predicted octanol–water partition coefficient (Wildman–Crippen LogP) is 3.64. The van der Waals surface area contributed by atoms with Crippen molar-refractivity contribution in [2.75, 3.05) is 17.7 Å². The Balaban J connectivity index is 2.16. The lowest BCUT2D eigenvalue weighted by Gasteiger charge is -2.31. The van der Waals surface area contributed by atoms with E-state index in [2.05, 4.69) is 17.6 Å². The zero-order valence-electron chi connectivity index (χ0n) is 12.5. The minimum Gasteiger partial charge on any atom is -0.495 e. The molecule has 1 aromatic rings. The molecule has 2 N–H and O–H groups in total. The number of anilines is 2. The molecule has 110 valence electrons. The highest BCUT2D eigenvalue weighted by Gasteiger charge is 2.22. The molecule has 0 aliphatic heterocycles. The number of carbonyl (C=O) groups excluding carboxylic acids is 1. The summed E-state index contributed by atoms with van der Waals surface area (Å²) in [5.74, 6) is 1.42. The standard InChI is InChI=1S/C16H24N2O2/c1-11-6-4-5-7-14(11)18-15-10-13(17-12(2)19)8-9-16(15)20-3/h8-11,14,18H,4-7H2,1-3H3,(H,17,19). The maximum absolute atomic E-state index is 11.2. The lowest BCUT2D eigenvalue weighted by Crippen LogP contribution is -2.30. The summed E-state index contributed by atoms with van der Waals surface area (Å²) in [7, 11) is 1.67. The van der Waals surface area contributed by atoms with Gasteiger partial charge in [0.15, 0.2) is 0 Å². The highest BCUT2D eigenvalue weighted by molar-refractivity contribution is 5.89. The van der Waals surface area contributed by atoms with E-state index in [1.165, 1.54) is 32.6 Å². The Morgan fingerprint density at radius 3 is 2.70 bits per heavy atom. The van der Waals surface area contributed by atoms with E-state index in [-0.39, 0.29) is 5.91 Å². The molecule has 0 bridgehead atoms. The first kappa shape index (κ1) is 14.7. The third-order valence-corrected chi connectivity index (χ3v) is 3.97. The van der Waals surface area contributed by atoms with Crippen LogP contribution in [0.1, 0.15) is 39.5 Å². The second-order valence-corrected chi connectivity index (χ2v) is 5.61. The zero-order chi connectivity index (χ0) is 14.5. The summed E-state index contributed by atoms with van der Waals surface area (Å²) >= 11 is 0. The fraction of sp³-hybridized carbons (Fsp3) is 0.562. The van der Waals surface area contributed by atoms with Crippen LogP contribution in [0.3, 0.4) is 0 Å². The highest BCUT2D eigenvalue weighted by atomic mass is 16.5. The molecule has 0 heterocycles. The van der Waals surface area contributed by atoms with Crippen LogP contribution >= 0.6 is 0 Å². The van der Waals surface area contributed by atoms with Gasteiger partial charge in [0, 0.05) is 18.7 Å². The molecular formula is C16H24N2O2. The van der Waals surface area contributed by atoms with Crippen LogP contribution in [-0.4, -0.2) is 19.1 Å². The molecule has 2 rings (SSSR count). The molecule has 0 aromatic heterocycles. The van der Waals surface area contributed by atoms with Crippen molar-refractivity contribution >= 4 is 17.3 Å². The Hall–Kier alpha value is -1.71. The van der Waals surface area contributed by atoms with E-state index in [4.69, 9.17) is 4.74 Å². The molecule has 1 aliphatic rings. The van der Waals surface area contributed by atoms with Crippen molar-refractivity contribution in [2.24, 2.45) is 5.92 Å². The number of ether oxygens (including phenoxy) is 1. The summed E-state index contributed by atoms with van der Waals surface area (Å²) in [5.41, 5.74) is 1.75. The van der Waals surface area contributed by atoms with Gasteiger partial charge in [0.1, 0.15) is 5.75 Å². The van der Waals surface area contributed by atoms with E-state index in [1.54, 1.807) is 7.11 Å². The first-order valence-electron chi connectivity index (χ1n) is 7.32.